The van der Waals surface area contributed by atoms with Crippen LogP contribution in [0, 0.1) is 0 Å². The Kier molecular flexibility index (Phi) is 4.03. The summed E-state index contributed by atoms with van der Waals surface area (Å²) < 4.78 is 5.84. The van der Waals surface area contributed by atoms with Crippen LogP contribution in [-0.4, -0.2) is 19.0 Å². The molecule has 0 saturated carbocycles. The van der Waals surface area contributed by atoms with Crippen molar-refractivity contribution in [2.75, 3.05) is 19.0 Å². The fraction of sp³-hybridized carbons (Fsp3) is 0.333. The van der Waals surface area contributed by atoms with Gasteiger partial charge in [-0.25, -0.2) is 0 Å². The molecule has 2 aromatic rings. The Balaban J connectivity index is 1.47. The molecule has 1 aromatic carbocycles. The smallest absolute Gasteiger partial charge is 0.0543 e. The van der Waals surface area contributed by atoms with Gasteiger partial charge in [0.25, 0.3) is 0 Å². The lowest BCUT2D eigenvalue weighted by Crippen LogP contribution is -2.09. The van der Waals surface area contributed by atoms with Crippen LogP contribution >= 0.6 is 23.1 Å². The molecule has 0 aliphatic carbocycles. The van der Waals surface area contributed by atoms with E-state index in [1.54, 1.807) is 0 Å². The van der Waals surface area contributed by atoms with Crippen LogP contribution in [0.5, 0.6) is 0 Å². The molecule has 0 spiro atoms. The SMILES string of the molecule is c1csc(CCOCC2CSc3ccccc32)c1. The number of ether oxygens (including phenoxy) is 1. The predicted octanol–water partition coefficient (Wildman–Crippen LogP) is 4.20. The summed E-state index contributed by atoms with van der Waals surface area (Å²) in [4.78, 5) is 2.85. The Hall–Kier alpha value is -0.770. The molecule has 0 fully saturated rings. The van der Waals surface area contributed by atoms with Crippen LogP contribution in [-0.2, 0) is 11.2 Å². The first-order valence-corrected chi connectivity index (χ1v) is 8.12. The van der Waals surface area contributed by atoms with E-state index in [9.17, 15) is 0 Å². The fourth-order valence-corrected chi connectivity index (χ4v) is 4.14. The summed E-state index contributed by atoms with van der Waals surface area (Å²) in [6.45, 7) is 1.69. The van der Waals surface area contributed by atoms with Gasteiger partial charge in [0.1, 0.15) is 0 Å². The van der Waals surface area contributed by atoms with Gasteiger partial charge in [0.05, 0.1) is 13.2 Å². The van der Waals surface area contributed by atoms with Crippen LogP contribution in [0.25, 0.3) is 0 Å². The van der Waals surface area contributed by atoms with Gasteiger partial charge < -0.3 is 4.74 Å². The van der Waals surface area contributed by atoms with Crippen molar-refractivity contribution in [1.82, 2.24) is 0 Å². The monoisotopic (exact) mass is 276 g/mol. The summed E-state index contributed by atoms with van der Waals surface area (Å²) in [7, 11) is 0. The van der Waals surface area contributed by atoms with E-state index in [0.717, 1.165) is 19.6 Å². The summed E-state index contributed by atoms with van der Waals surface area (Å²) in [5.74, 6) is 1.74. The minimum atomic E-state index is 0.578. The summed E-state index contributed by atoms with van der Waals surface area (Å²) in [5, 5.41) is 2.12. The van der Waals surface area contributed by atoms with E-state index in [1.807, 2.05) is 23.1 Å². The number of hydrogen-bond acceptors (Lipinski definition) is 3. The second-order valence-corrected chi connectivity index (χ2v) is 6.54. The van der Waals surface area contributed by atoms with Crippen molar-refractivity contribution in [2.45, 2.75) is 17.2 Å². The second kappa shape index (κ2) is 5.91. The van der Waals surface area contributed by atoms with Crippen LogP contribution in [0.3, 0.4) is 0 Å². The number of benzene rings is 1. The molecule has 1 aliphatic rings. The van der Waals surface area contributed by atoms with Crippen LogP contribution < -0.4 is 0 Å². The second-order valence-electron chi connectivity index (χ2n) is 4.45. The highest BCUT2D eigenvalue weighted by atomic mass is 32.2. The highest BCUT2D eigenvalue weighted by molar-refractivity contribution is 7.99. The van der Waals surface area contributed by atoms with Gasteiger partial charge in [0.15, 0.2) is 0 Å². The Morgan fingerprint density at radius 1 is 1.17 bits per heavy atom. The zero-order chi connectivity index (χ0) is 12.2. The van der Waals surface area contributed by atoms with E-state index in [1.165, 1.54) is 21.1 Å². The third kappa shape index (κ3) is 2.79. The molecule has 1 aliphatic heterocycles. The first kappa shape index (κ1) is 12.3. The first-order valence-electron chi connectivity index (χ1n) is 6.25. The molecule has 0 saturated heterocycles. The number of fused-ring (bicyclic) bond motifs is 1. The van der Waals surface area contributed by atoms with Crippen LogP contribution in [0.4, 0.5) is 0 Å². The molecule has 2 heterocycles. The van der Waals surface area contributed by atoms with Gasteiger partial charge in [-0.15, -0.1) is 23.1 Å². The van der Waals surface area contributed by atoms with E-state index in [-0.39, 0.29) is 0 Å². The summed E-state index contributed by atoms with van der Waals surface area (Å²) >= 11 is 3.76. The average molecular weight is 276 g/mol. The third-order valence-corrected chi connectivity index (χ3v) is 5.38. The van der Waals surface area contributed by atoms with Crippen LogP contribution in [0.2, 0.25) is 0 Å². The molecule has 94 valence electrons. The van der Waals surface area contributed by atoms with Crippen molar-refractivity contribution in [3.8, 4) is 0 Å². The molecule has 18 heavy (non-hydrogen) atoms. The predicted molar refractivity (Wildman–Crippen MR) is 78.7 cm³/mol. The molecule has 3 rings (SSSR count). The third-order valence-electron chi connectivity index (χ3n) is 3.19. The van der Waals surface area contributed by atoms with Crippen molar-refractivity contribution in [1.29, 1.82) is 0 Å². The minimum absolute atomic E-state index is 0.578. The maximum atomic E-state index is 5.84. The molecule has 1 unspecified atom stereocenters. The number of thioether (sulfide) groups is 1. The highest BCUT2D eigenvalue weighted by Crippen LogP contribution is 2.39. The highest BCUT2D eigenvalue weighted by Gasteiger charge is 2.22. The largest absolute Gasteiger partial charge is 0.380 e. The number of rotatable bonds is 5. The zero-order valence-corrected chi connectivity index (χ0v) is 11.8. The Bertz CT molecular complexity index is 493. The number of thiophene rings is 1. The molecule has 3 heteroatoms. The quantitative estimate of drug-likeness (QED) is 0.757. The molecule has 0 amide bonds. The van der Waals surface area contributed by atoms with Gasteiger partial charge in [-0.05, 0) is 23.1 Å². The molecule has 0 N–H and O–H groups in total. The molecule has 0 radical (unpaired) electrons. The van der Waals surface area contributed by atoms with Crippen molar-refractivity contribution < 1.29 is 4.74 Å². The molecule has 1 aromatic heterocycles. The normalized spacial score (nSPS) is 17.9. The van der Waals surface area contributed by atoms with Crippen LogP contribution in [0.15, 0.2) is 46.7 Å². The topological polar surface area (TPSA) is 9.23 Å². The number of hydrogen-bond donors (Lipinski definition) is 0. The first-order chi connectivity index (χ1) is 8.93. The Morgan fingerprint density at radius 3 is 3.00 bits per heavy atom. The fourth-order valence-electron chi connectivity index (χ4n) is 2.22. The van der Waals surface area contributed by atoms with Gasteiger partial charge in [-0.1, -0.05) is 24.3 Å². The molecular formula is C15H16OS2. The summed E-state index contributed by atoms with van der Waals surface area (Å²) in [6, 6.07) is 13.0. The summed E-state index contributed by atoms with van der Waals surface area (Å²) in [5.41, 5.74) is 1.47. The zero-order valence-electron chi connectivity index (χ0n) is 10.2. The van der Waals surface area contributed by atoms with E-state index >= 15 is 0 Å². The lowest BCUT2D eigenvalue weighted by Gasteiger charge is -2.11. The van der Waals surface area contributed by atoms with Crippen molar-refractivity contribution in [3.05, 3.63) is 52.2 Å². The maximum Gasteiger partial charge on any atom is 0.0543 e. The van der Waals surface area contributed by atoms with Crippen LogP contribution in [0.1, 0.15) is 16.4 Å². The standard InChI is InChI=1S/C15H16OS2/c1-2-6-15-14(5-1)12(11-18-15)10-16-8-7-13-4-3-9-17-13/h1-6,9,12H,7-8,10-11H2. The van der Waals surface area contributed by atoms with Crippen molar-refractivity contribution >= 4 is 23.1 Å². The minimum Gasteiger partial charge on any atom is -0.380 e. The maximum absolute atomic E-state index is 5.84. The lowest BCUT2D eigenvalue weighted by atomic mass is 10.0. The van der Waals surface area contributed by atoms with E-state index in [0.29, 0.717) is 5.92 Å². The Morgan fingerprint density at radius 2 is 2.11 bits per heavy atom. The Labute approximate surface area is 116 Å². The lowest BCUT2D eigenvalue weighted by molar-refractivity contribution is 0.128. The average Bonchev–Trinajstić information content (AvgIpc) is 3.04. The van der Waals surface area contributed by atoms with E-state index in [4.69, 9.17) is 4.74 Å². The molecular weight excluding hydrogens is 260 g/mol. The van der Waals surface area contributed by atoms with Gasteiger partial charge in [0.2, 0.25) is 0 Å². The van der Waals surface area contributed by atoms with E-state index < -0.39 is 0 Å². The molecule has 1 atom stereocenters. The molecule has 1 nitrogen and oxygen atoms in total. The van der Waals surface area contributed by atoms with Crippen molar-refractivity contribution in [2.24, 2.45) is 0 Å². The van der Waals surface area contributed by atoms with Gasteiger partial charge in [-0.3, -0.25) is 0 Å². The summed E-state index contributed by atoms with van der Waals surface area (Å²) in [6.07, 6.45) is 1.04. The molecule has 0 bridgehead atoms. The van der Waals surface area contributed by atoms with Gasteiger partial charge >= 0.3 is 0 Å². The van der Waals surface area contributed by atoms with Crippen molar-refractivity contribution in [3.63, 3.8) is 0 Å². The van der Waals surface area contributed by atoms with Gasteiger partial charge in [-0.2, -0.15) is 0 Å². The van der Waals surface area contributed by atoms with E-state index in [2.05, 4.69) is 41.8 Å². The van der Waals surface area contributed by atoms with Gasteiger partial charge in [0, 0.05) is 27.9 Å².